The minimum absolute atomic E-state index is 0.192. The number of thioether (sulfide) groups is 1. The summed E-state index contributed by atoms with van der Waals surface area (Å²) in [7, 11) is 0. The molecular weight excluding hydrogens is 371 g/mol. The molecular formula is C17H15FN6O2S. The van der Waals surface area contributed by atoms with E-state index in [0.717, 1.165) is 5.76 Å². The molecule has 10 heteroatoms. The lowest BCUT2D eigenvalue weighted by atomic mass is 10.1. The van der Waals surface area contributed by atoms with Gasteiger partial charge in [0.05, 0.1) is 11.5 Å². The van der Waals surface area contributed by atoms with Gasteiger partial charge in [-0.05, 0) is 48.0 Å². The highest BCUT2D eigenvalue weighted by atomic mass is 32.2. The smallest absolute Gasteiger partial charge is 0.240 e. The Morgan fingerprint density at radius 2 is 2.19 bits per heavy atom. The van der Waals surface area contributed by atoms with Crippen LogP contribution < -0.4 is 0 Å². The summed E-state index contributed by atoms with van der Waals surface area (Å²) in [5.74, 6) is 1.19. The van der Waals surface area contributed by atoms with Gasteiger partial charge in [-0.3, -0.25) is 0 Å². The minimum atomic E-state index is -0.307. The molecule has 0 amide bonds. The fourth-order valence-electron chi connectivity index (χ4n) is 2.39. The Labute approximate surface area is 157 Å². The first-order valence-electron chi connectivity index (χ1n) is 8.15. The molecule has 0 spiro atoms. The van der Waals surface area contributed by atoms with Crippen LogP contribution in [0.5, 0.6) is 0 Å². The third-order valence-electron chi connectivity index (χ3n) is 3.89. The summed E-state index contributed by atoms with van der Waals surface area (Å²) in [6, 6.07) is 8.50. The quantitative estimate of drug-likeness (QED) is 0.463. The van der Waals surface area contributed by atoms with Crippen molar-refractivity contribution in [2.75, 3.05) is 0 Å². The van der Waals surface area contributed by atoms with E-state index >= 15 is 0 Å². The number of aryl methyl sites for hydroxylation is 1. The summed E-state index contributed by atoms with van der Waals surface area (Å²) in [4.78, 5) is 4.38. The monoisotopic (exact) mass is 386 g/mol. The first-order valence-corrected chi connectivity index (χ1v) is 9.03. The second-order valence-corrected chi connectivity index (χ2v) is 7.19. The van der Waals surface area contributed by atoms with Crippen LogP contribution in [0.4, 0.5) is 4.39 Å². The van der Waals surface area contributed by atoms with Gasteiger partial charge in [-0.15, -0.1) is 5.10 Å². The zero-order valence-corrected chi connectivity index (χ0v) is 15.4. The average molecular weight is 386 g/mol. The second-order valence-electron chi connectivity index (χ2n) is 5.88. The predicted octanol–water partition coefficient (Wildman–Crippen LogP) is 3.67. The number of tetrazole rings is 1. The summed E-state index contributed by atoms with van der Waals surface area (Å²) < 4.78 is 26.1. The summed E-state index contributed by atoms with van der Waals surface area (Å²) >= 11 is 1.38. The molecule has 1 unspecified atom stereocenters. The Hall–Kier alpha value is -3.01. The van der Waals surface area contributed by atoms with Gasteiger partial charge in [0.25, 0.3) is 0 Å². The fraction of sp³-hybridized carbons (Fsp3) is 0.235. The number of hydrogen-bond acceptors (Lipinski definition) is 8. The van der Waals surface area contributed by atoms with Crippen molar-refractivity contribution in [1.29, 1.82) is 0 Å². The Bertz CT molecular complexity index is 1050. The normalized spacial score (nSPS) is 12.4. The molecule has 0 aliphatic rings. The van der Waals surface area contributed by atoms with Gasteiger partial charge in [0, 0.05) is 5.56 Å². The molecule has 27 heavy (non-hydrogen) atoms. The molecule has 3 aromatic heterocycles. The number of furan rings is 1. The summed E-state index contributed by atoms with van der Waals surface area (Å²) in [5.41, 5.74) is 1.13. The van der Waals surface area contributed by atoms with E-state index in [1.54, 1.807) is 30.0 Å². The molecule has 4 aromatic rings. The molecule has 0 saturated heterocycles. The van der Waals surface area contributed by atoms with Gasteiger partial charge in [0.2, 0.25) is 16.9 Å². The number of nitrogens with zero attached hydrogens (tertiary/aromatic N) is 6. The van der Waals surface area contributed by atoms with Crippen molar-refractivity contribution in [2.45, 2.75) is 30.8 Å². The number of aromatic nitrogens is 6. The lowest BCUT2D eigenvalue weighted by Crippen LogP contribution is -2.04. The van der Waals surface area contributed by atoms with Gasteiger partial charge in [-0.2, -0.15) is 4.98 Å². The van der Waals surface area contributed by atoms with Gasteiger partial charge in [0.15, 0.2) is 0 Å². The third-order valence-corrected chi connectivity index (χ3v) is 4.94. The molecule has 0 radical (unpaired) electrons. The lowest BCUT2D eigenvalue weighted by Gasteiger charge is -2.05. The molecule has 3 heterocycles. The van der Waals surface area contributed by atoms with Crippen LogP contribution in [0.3, 0.4) is 0 Å². The van der Waals surface area contributed by atoms with Crippen LogP contribution in [0.1, 0.15) is 29.4 Å². The van der Waals surface area contributed by atoms with E-state index in [2.05, 4.69) is 25.7 Å². The first-order chi connectivity index (χ1) is 13.1. The van der Waals surface area contributed by atoms with E-state index in [-0.39, 0.29) is 11.1 Å². The van der Waals surface area contributed by atoms with Crippen molar-refractivity contribution in [3.63, 3.8) is 0 Å². The third kappa shape index (κ3) is 3.75. The van der Waals surface area contributed by atoms with Crippen LogP contribution in [0, 0.1) is 12.7 Å². The maximum atomic E-state index is 13.8. The Balaban J connectivity index is 1.49. The van der Waals surface area contributed by atoms with Crippen LogP contribution in [-0.4, -0.2) is 30.3 Å². The number of rotatable bonds is 6. The zero-order valence-electron chi connectivity index (χ0n) is 14.5. The van der Waals surface area contributed by atoms with Crippen LogP contribution in [-0.2, 0) is 6.54 Å². The van der Waals surface area contributed by atoms with Crippen molar-refractivity contribution in [2.24, 2.45) is 0 Å². The van der Waals surface area contributed by atoms with Crippen molar-refractivity contribution < 1.29 is 13.3 Å². The lowest BCUT2D eigenvalue weighted by molar-refractivity contribution is 0.380. The van der Waals surface area contributed by atoms with Crippen molar-refractivity contribution in [3.8, 4) is 11.4 Å². The summed E-state index contributed by atoms with van der Waals surface area (Å²) in [5, 5.41) is 16.1. The van der Waals surface area contributed by atoms with E-state index in [4.69, 9.17) is 8.94 Å². The van der Waals surface area contributed by atoms with Crippen LogP contribution >= 0.6 is 11.8 Å². The molecule has 138 valence electrons. The van der Waals surface area contributed by atoms with Crippen LogP contribution in [0.15, 0.2) is 50.7 Å². The number of hydrogen-bond donors (Lipinski definition) is 0. The summed E-state index contributed by atoms with van der Waals surface area (Å²) in [6.07, 6.45) is 1.60. The molecule has 8 nitrogen and oxygen atoms in total. The Morgan fingerprint density at radius 3 is 2.96 bits per heavy atom. The van der Waals surface area contributed by atoms with E-state index < -0.39 is 0 Å². The minimum Gasteiger partial charge on any atom is -0.467 e. The van der Waals surface area contributed by atoms with Crippen molar-refractivity contribution in [1.82, 2.24) is 30.3 Å². The number of halogens is 1. The highest BCUT2D eigenvalue weighted by molar-refractivity contribution is 7.99. The van der Waals surface area contributed by atoms with Gasteiger partial charge >= 0.3 is 0 Å². The number of benzene rings is 1. The molecule has 0 aliphatic carbocycles. The summed E-state index contributed by atoms with van der Waals surface area (Å²) in [6.45, 7) is 4.03. The Morgan fingerprint density at radius 1 is 1.30 bits per heavy atom. The van der Waals surface area contributed by atoms with Gasteiger partial charge in [-0.25, -0.2) is 9.07 Å². The highest BCUT2D eigenvalue weighted by Gasteiger charge is 2.20. The molecule has 1 atom stereocenters. The van der Waals surface area contributed by atoms with Crippen LogP contribution in [0.25, 0.3) is 11.4 Å². The molecule has 0 bridgehead atoms. The van der Waals surface area contributed by atoms with E-state index in [1.807, 2.05) is 19.1 Å². The van der Waals surface area contributed by atoms with E-state index in [0.29, 0.717) is 34.5 Å². The Kier molecular flexibility index (Phi) is 4.71. The van der Waals surface area contributed by atoms with Gasteiger partial charge < -0.3 is 8.94 Å². The molecule has 4 rings (SSSR count). The molecule has 0 fully saturated rings. The standard InChI is InChI=1S/C17H15FN6O2S/c1-10-5-6-12(8-14(10)18)15-19-16(26-21-15)11(2)27-17-20-22-23-24(17)9-13-4-3-7-25-13/h3-8,11H,9H2,1-2H3. The molecule has 0 aliphatic heterocycles. The predicted molar refractivity (Wildman–Crippen MR) is 94.3 cm³/mol. The first kappa shape index (κ1) is 17.4. The second kappa shape index (κ2) is 7.31. The maximum Gasteiger partial charge on any atom is 0.240 e. The fourth-order valence-corrected chi connectivity index (χ4v) is 3.21. The molecule has 0 saturated carbocycles. The van der Waals surface area contributed by atoms with Crippen molar-refractivity contribution >= 4 is 11.8 Å². The zero-order chi connectivity index (χ0) is 18.8. The SMILES string of the molecule is Cc1ccc(-c2noc(C(C)Sc3nnnn3Cc3ccco3)n2)cc1F. The average Bonchev–Trinajstić information content (AvgIpc) is 3.40. The van der Waals surface area contributed by atoms with E-state index in [9.17, 15) is 4.39 Å². The highest BCUT2D eigenvalue weighted by Crippen LogP contribution is 2.33. The van der Waals surface area contributed by atoms with Gasteiger partial charge in [0.1, 0.15) is 18.1 Å². The molecule has 0 N–H and O–H groups in total. The van der Waals surface area contributed by atoms with E-state index in [1.165, 1.54) is 17.8 Å². The topological polar surface area (TPSA) is 95.7 Å². The maximum absolute atomic E-state index is 13.8. The van der Waals surface area contributed by atoms with Gasteiger partial charge in [-0.1, -0.05) is 29.1 Å². The van der Waals surface area contributed by atoms with Crippen LogP contribution in [0.2, 0.25) is 0 Å². The molecule has 1 aromatic carbocycles. The largest absolute Gasteiger partial charge is 0.467 e. The van der Waals surface area contributed by atoms with Crippen molar-refractivity contribution in [3.05, 3.63) is 59.6 Å².